The fourth-order valence-corrected chi connectivity index (χ4v) is 3.79. The van der Waals surface area contributed by atoms with Gasteiger partial charge in [-0.25, -0.2) is 4.68 Å². The highest BCUT2D eigenvalue weighted by molar-refractivity contribution is 6.30. The number of halogens is 2. The first-order chi connectivity index (χ1) is 12.2. The van der Waals surface area contributed by atoms with Crippen molar-refractivity contribution in [3.8, 4) is 5.69 Å². The number of amides is 1. The summed E-state index contributed by atoms with van der Waals surface area (Å²) in [5, 5.41) is 5.15. The minimum Gasteiger partial charge on any atom is -0.338 e. The normalized spacial score (nSPS) is 19.1. The summed E-state index contributed by atoms with van der Waals surface area (Å²) in [6, 6.07) is 7.64. The Kier molecular flexibility index (Phi) is 6.61. The highest BCUT2D eigenvalue weighted by Crippen LogP contribution is 2.31. The Morgan fingerprint density at radius 2 is 2.07 bits per heavy atom. The molecular weight excluding hydrogens is 383 g/mol. The lowest BCUT2D eigenvalue weighted by Crippen LogP contribution is -2.54. The molecule has 148 valence electrons. The van der Waals surface area contributed by atoms with Crippen molar-refractivity contribution in [3.05, 3.63) is 46.7 Å². The Morgan fingerprint density at radius 3 is 2.67 bits per heavy atom. The molecule has 3 rings (SSSR count). The van der Waals surface area contributed by atoms with E-state index < -0.39 is 0 Å². The number of hydrogen-bond donors (Lipinski definition) is 1. The minimum absolute atomic E-state index is 0. The van der Waals surface area contributed by atoms with Gasteiger partial charge in [0.25, 0.3) is 5.91 Å². The summed E-state index contributed by atoms with van der Waals surface area (Å²) in [4.78, 5) is 15.1. The molecule has 2 N–H and O–H groups in total. The van der Waals surface area contributed by atoms with Crippen LogP contribution < -0.4 is 5.73 Å². The molecule has 0 aliphatic carbocycles. The Morgan fingerprint density at radius 1 is 1.37 bits per heavy atom. The highest BCUT2D eigenvalue weighted by atomic mass is 35.5. The first kappa shape index (κ1) is 21.7. The first-order valence-electron chi connectivity index (χ1n) is 9.09. The van der Waals surface area contributed by atoms with Gasteiger partial charge in [-0.3, -0.25) is 4.79 Å². The van der Waals surface area contributed by atoms with Crippen LogP contribution in [0.4, 0.5) is 0 Å². The van der Waals surface area contributed by atoms with Crippen LogP contribution in [0.25, 0.3) is 5.69 Å². The van der Waals surface area contributed by atoms with Crippen molar-refractivity contribution >= 4 is 29.9 Å². The summed E-state index contributed by atoms with van der Waals surface area (Å²) in [5.41, 5.74) is 8.56. The number of hydrogen-bond acceptors (Lipinski definition) is 3. The van der Waals surface area contributed by atoms with Crippen molar-refractivity contribution < 1.29 is 4.79 Å². The van der Waals surface area contributed by atoms with Crippen molar-refractivity contribution in [2.45, 2.75) is 46.1 Å². The number of likely N-dealkylation sites (tertiary alicyclic amines) is 1. The molecule has 1 atom stereocenters. The van der Waals surface area contributed by atoms with Crippen LogP contribution in [0.2, 0.25) is 5.02 Å². The van der Waals surface area contributed by atoms with Gasteiger partial charge >= 0.3 is 0 Å². The van der Waals surface area contributed by atoms with Gasteiger partial charge in [0.1, 0.15) is 0 Å². The van der Waals surface area contributed by atoms with E-state index in [1.54, 1.807) is 6.20 Å². The monoisotopic (exact) mass is 410 g/mol. The smallest absolute Gasteiger partial charge is 0.257 e. The molecule has 7 heteroatoms. The van der Waals surface area contributed by atoms with E-state index in [9.17, 15) is 4.79 Å². The predicted octanol–water partition coefficient (Wildman–Crippen LogP) is 4.27. The SMILES string of the molecule is CC(C)c1c(C(=O)N2CCC(N)C(C)(C)C2)cnn1-c1cccc(Cl)c1.Cl. The van der Waals surface area contributed by atoms with Crippen molar-refractivity contribution in [1.82, 2.24) is 14.7 Å². The van der Waals surface area contributed by atoms with Crippen LogP contribution in [0, 0.1) is 5.41 Å². The Hall–Kier alpha value is -1.56. The van der Waals surface area contributed by atoms with Crippen LogP contribution in [-0.2, 0) is 0 Å². The second-order valence-electron chi connectivity index (χ2n) is 8.10. The number of nitrogens with two attached hydrogens (primary N) is 1. The molecule has 27 heavy (non-hydrogen) atoms. The topological polar surface area (TPSA) is 64.2 Å². The Balaban J connectivity index is 0.00000261. The van der Waals surface area contributed by atoms with E-state index in [0.29, 0.717) is 23.7 Å². The molecular formula is C20H28Cl2N4O. The second-order valence-corrected chi connectivity index (χ2v) is 8.54. The molecule has 1 saturated heterocycles. The molecule has 0 spiro atoms. The lowest BCUT2D eigenvalue weighted by atomic mass is 9.79. The lowest BCUT2D eigenvalue weighted by molar-refractivity contribution is 0.0531. The van der Waals surface area contributed by atoms with Crippen LogP contribution in [0.1, 0.15) is 56.1 Å². The average Bonchev–Trinajstić information content (AvgIpc) is 3.02. The maximum atomic E-state index is 13.2. The molecule has 2 aromatic rings. The maximum absolute atomic E-state index is 13.2. The lowest BCUT2D eigenvalue weighted by Gasteiger charge is -2.42. The zero-order valence-electron chi connectivity index (χ0n) is 16.3. The molecule has 1 amide bonds. The molecule has 1 unspecified atom stereocenters. The Labute approximate surface area is 172 Å². The zero-order chi connectivity index (χ0) is 19.1. The van der Waals surface area contributed by atoms with Gasteiger partial charge in [-0.1, -0.05) is 45.4 Å². The predicted molar refractivity (Wildman–Crippen MR) is 112 cm³/mol. The maximum Gasteiger partial charge on any atom is 0.257 e. The van der Waals surface area contributed by atoms with Crippen molar-refractivity contribution in [2.24, 2.45) is 11.1 Å². The standard InChI is InChI=1S/C20H27ClN4O.ClH/c1-13(2)18-16(11-23-25(18)15-7-5-6-14(21)10-15)19(26)24-9-8-17(22)20(3,4)12-24;/h5-7,10-11,13,17H,8-9,12,22H2,1-4H3;1H. The fraction of sp³-hybridized carbons (Fsp3) is 0.500. The number of rotatable bonds is 3. The van der Waals surface area contributed by atoms with Gasteiger partial charge in [-0.15, -0.1) is 12.4 Å². The summed E-state index contributed by atoms with van der Waals surface area (Å²) in [6.45, 7) is 9.73. The molecule has 2 heterocycles. The number of benzene rings is 1. The number of piperidine rings is 1. The molecule has 0 saturated carbocycles. The van der Waals surface area contributed by atoms with E-state index in [-0.39, 0.29) is 35.7 Å². The zero-order valence-corrected chi connectivity index (χ0v) is 17.8. The number of carbonyl (C=O) groups is 1. The number of aromatic nitrogens is 2. The molecule has 1 aliphatic rings. The minimum atomic E-state index is -0.0884. The summed E-state index contributed by atoms with van der Waals surface area (Å²) in [7, 11) is 0. The van der Waals surface area contributed by atoms with Crippen LogP contribution in [-0.4, -0.2) is 39.7 Å². The van der Waals surface area contributed by atoms with Crippen LogP contribution in [0.15, 0.2) is 30.5 Å². The second kappa shape index (κ2) is 8.21. The molecule has 1 aromatic carbocycles. The van der Waals surface area contributed by atoms with Gasteiger partial charge in [-0.2, -0.15) is 5.10 Å². The summed E-state index contributed by atoms with van der Waals surface area (Å²) >= 11 is 6.13. The summed E-state index contributed by atoms with van der Waals surface area (Å²) < 4.78 is 1.82. The van der Waals surface area contributed by atoms with Crippen LogP contribution in [0.3, 0.4) is 0 Å². The number of carbonyl (C=O) groups excluding carboxylic acids is 1. The van der Waals surface area contributed by atoms with Gasteiger partial charge in [0, 0.05) is 24.2 Å². The fourth-order valence-electron chi connectivity index (χ4n) is 3.61. The van der Waals surface area contributed by atoms with E-state index in [4.69, 9.17) is 17.3 Å². The third-order valence-corrected chi connectivity index (χ3v) is 5.47. The number of nitrogens with zero attached hydrogens (tertiary/aromatic N) is 3. The molecule has 0 bridgehead atoms. The van der Waals surface area contributed by atoms with Gasteiger partial charge in [0.05, 0.1) is 23.1 Å². The largest absolute Gasteiger partial charge is 0.338 e. The van der Waals surface area contributed by atoms with Crippen molar-refractivity contribution in [3.63, 3.8) is 0 Å². The summed E-state index contributed by atoms with van der Waals surface area (Å²) in [6.07, 6.45) is 2.50. The molecule has 1 fully saturated rings. The van der Waals surface area contributed by atoms with E-state index >= 15 is 0 Å². The van der Waals surface area contributed by atoms with Gasteiger partial charge < -0.3 is 10.6 Å². The third kappa shape index (κ3) is 4.31. The molecule has 1 aliphatic heterocycles. The van der Waals surface area contributed by atoms with Gasteiger partial charge in [0.2, 0.25) is 0 Å². The molecule has 0 radical (unpaired) electrons. The van der Waals surface area contributed by atoms with E-state index in [2.05, 4.69) is 32.8 Å². The van der Waals surface area contributed by atoms with Gasteiger partial charge in [0.15, 0.2) is 0 Å². The van der Waals surface area contributed by atoms with Crippen LogP contribution >= 0.6 is 24.0 Å². The van der Waals surface area contributed by atoms with Crippen LogP contribution in [0.5, 0.6) is 0 Å². The first-order valence-corrected chi connectivity index (χ1v) is 9.47. The van der Waals surface area contributed by atoms with E-state index in [1.807, 2.05) is 33.8 Å². The quantitative estimate of drug-likeness (QED) is 0.821. The average molecular weight is 411 g/mol. The van der Waals surface area contributed by atoms with Gasteiger partial charge in [-0.05, 0) is 36.0 Å². The van der Waals surface area contributed by atoms with E-state index in [1.165, 1.54) is 0 Å². The summed E-state index contributed by atoms with van der Waals surface area (Å²) in [5.74, 6) is 0.178. The van der Waals surface area contributed by atoms with Crippen molar-refractivity contribution in [2.75, 3.05) is 13.1 Å². The van der Waals surface area contributed by atoms with E-state index in [0.717, 1.165) is 17.8 Å². The molecule has 5 nitrogen and oxygen atoms in total. The highest BCUT2D eigenvalue weighted by Gasteiger charge is 2.36. The van der Waals surface area contributed by atoms with Crippen molar-refractivity contribution in [1.29, 1.82) is 0 Å². The molecule has 1 aromatic heterocycles. The Bertz CT molecular complexity index is 816. The third-order valence-electron chi connectivity index (χ3n) is 5.24.